The van der Waals surface area contributed by atoms with Crippen LogP contribution in [-0.2, 0) is 9.59 Å². The van der Waals surface area contributed by atoms with Crippen LogP contribution in [0.2, 0.25) is 5.02 Å². The molecule has 0 saturated heterocycles. The first-order chi connectivity index (χ1) is 12.0. The number of carbonyl (C=O) groups is 2. The molecule has 0 aliphatic carbocycles. The van der Waals surface area contributed by atoms with Crippen LogP contribution >= 0.6 is 11.6 Å². The molecule has 0 fully saturated rings. The van der Waals surface area contributed by atoms with Gasteiger partial charge in [0.1, 0.15) is 11.9 Å². The van der Waals surface area contributed by atoms with Gasteiger partial charge in [-0.2, -0.15) is 0 Å². The van der Waals surface area contributed by atoms with Crippen LogP contribution in [0.25, 0.3) is 0 Å². The minimum Gasteiger partial charge on any atom is -0.342 e. The van der Waals surface area contributed by atoms with Crippen LogP contribution in [0.15, 0.2) is 48.5 Å². The molecule has 2 aromatic rings. The number of benzene rings is 2. The van der Waals surface area contributed by atoms with Gasteiger partial charge in [0.2, 0.25) is 5.91 Å². The quantitative estimate of drug-likeness (QED) is 0.701. The van der Waals surface area contributed by atoms with E-state index in [1.54, 1.807) is 6.07 Å². The van der Waals surface area contributed by atoms with E-state index in [-0.39, 0.29) is 36.8 Å². The van der Waals surface area contributed by atoms with Crippen molar-refractivity contribution in [2.75, 3.05) is 18.4 Å². The predicted molar refractivity (Wildman–Crippen MR) is 94.7 cm³/mol. The van der Waals surface area contributed by atoms with E-state index in [1.165, 1.54) is 24.3 Å². The fourth-order valence-electron chi connectivity index (χ4n) is 2.24. The molecule has 132 valence electrons. The number of anilines is 1. The van der Waals surface area contributed by atoms with Crippen LogP contribution in [-0.4, -0.2) is 24.9 Å². The summed E-state index contributed by atoms with van der Waals surface area (Å²) in [5.41, 5.74) is 1.42. The van der Waals surface area contributed by atoms with Gasteiger partial charge in [0.05, 0.1) is 6.54 Å². The van der Waals surface area contributed by atoms with Crippen LogP contribution < -0.4 is 16.0 Å². The summed E-state index contributed by atoms with van der Waals surface area (Å²) < 4.78 is 12.8. The summed E-state index contributed by atoms with van der Waals surface area (Å²) in [6, 6.07) is 12.9. The van der Waals surface area contributed by atoms with Crippen molar-refractivity contribution in [3.05, 3.63) is 64.9 Å². The molecule has 0 unspecified atom stereocenters. The van der Waals surface area contributed by atoms with Crippen molar-refractivity contribution in [1.82, 2.24) is 5.32 Å². The Balaban J connectivity index is 1.72. The Kier molecular flexibility index (Phi) is 6.91. The number of hydrogen-bond donors (Lipinski definition) is 3. The van der Waals surface area contributed by atoms with E-state index in [1.807, 2.05) is 30.4 Å². The van der Waals surface area contributed by atoms with Crippen LogP contribution in [0.5, 0.6) is 0 Å². The normalized spacial score (nSPS) is 11.6. The lowest BCUT2D eigenvalue weighted by atomic mass is 10.1. The fraction of sp³-hybridized carbons (Fsp3) is 0.222. The monoisotopic (exact) mass is 364 g/mol. The minimum absolute atomic E-state index is 0.0208. The highest BCUT2D eigenvalue weighted by Gasteiger charge is 2.14. The average molecular weight is 365 g/mol. The van der Waals surface area contributed by atoms with Gasteiger partial charge in [-0.05, 0) is 37.3 Å². The maximum absolute atomic E-state index is 12.8. The van der Waals surface area contributed by atoms with Gasteiger partial charge in [-0.15, -0.1) is 0 Å². The largest absolute Gasteiger partial charge is 0.342 e. The van der Waals surface area contributed by atoms with Gasteiger partial charge in [0.15, 0.2) is 6.54 Å². The molecule has 0 saturated carbocycles. The maximum Gasteiger partial charge on any atom is 0.275 e. The number of hydrogen-bond acceptors (Lipinski definition) is 2. The molecule has 0 heterocycles. The van der Waals surface area contributed by atoms with Crippen molar-refractivity contribution in [2.24, 2.45) is 0 Å². The van der Waals surface area contributed by atoms with Crippen molar-refractivity contribution in [3.8, 4) is 0 Å². The number of carbonyl (C=O) groups excluding carboxylic acids is 2. The van der Waals surface area contributed by atoms with Crippen molar-refractivity contribution in [1.29, 1.82) is 0 Å². The molecule has 0 bridgehead atoms. The first kappa shape index (κ1) is 18.9. The molecule has 1 atom stereocenters. The molecule has 0 aliphatic rings. The van der Waals surface area contributed by atoms with E-state index in [0.29, 0.717) is 10.7 Å². The first-order valence-electron chi connectivity index (χ1n) is 7.85. The van der Waals surface area contributed by atoms with E-state index < -0.39 is 0 Å². The summed E-state index contributed by atoms with van der Waals surface area (Å²) in [7, 11) is 0. The molecule has 5 nitrogen and oxygen atoms in total. The van der Waals surface area contributed by atoms with E-state index in [9.17, 15) is 14.0 Å². The van der Waals surface area contributed by atoms with E-state index in [0.717, 1.165) is 5.56 Å². The summed E-state index contributed by atoms with van der Waals surface area (Å²) >= 11 is 6.13. The van der Waals surface area contributed by atoms with E-state index >= 15 is 0 Å². The number of quaternary nitrogens is 1. The Morgan fingerprint density at radius 2 is 1.80 bits per heavy atom. The number of rotatable bonds is 7. The topological polar surface area (TPSA) is 74.8 Å². The smallest absolute Gasteiger partial charge is 0.275 e. The highest BCUT2D eigenvalue weighted by atomic mass is 35.5. The van der Waals surface area contributed by atoms with Gasteiger partial charge >= 0.3 is 0 Å². The van der Waals surface area contributed by atoms with E-state index in [4.69, 9.17) is 11.6 Å². The van der Waals surface area contributed by atoms with Crippen LogP contribution in [0.1, 0.15) is 18.5 Å². The summed E-state index contributed by atoms with van der Waals surface area (Å²) in [6.45, 7) is 1.98. The molecule has 0 aliphatic heterocycles. The molecule has 2 aromatic carbocycles. The molecular weight excluding hydrogens is 345 g/mol. The van der Waals surface area contributed by atoms with Crippen LogP contribution in [0, 0.1) is 5.82 Å². The molecule has 2 amide bonds. The maximum atomic E-state index is 12.8. The lowest BCUT2D eigenvalue weighted by Gasteiger charge is -2.12. The van der Waals surface area contributed by atoms with Crippen LogP contribution in [0.4, 0.5) is 10.1 Å². The minimum atomic E-state index is -0.380. The van der Waals surface area contributed by atoms with Crippen molar-refractivity contribution < 1.29 is 19.3 Å². The predicted octanol–water partition coefficient (Wildman–Crippen LogP) is 1.86. The zero-order valence-electron chi connectivity index (χ0n) is 13.8. The lowest BCUT2D eigenvalue weighted by Crippen LogP contribution is -2.87. The Morgan fingerprint density at radius 3 is 2.48 bits per heavy atom. The van der Waals surface area contributed by atoms with Gasteiger partial charge in [-0.1, -0.05) is 29.8 Å². The number of nitrogens with one attached hydrogen (secondary N) is 2. The Morgan fingerprint density at radius 1 is 1.12 bits per heavy atom. The number of amides is 2. The highest BCUT2D eigenvalue weighted by Crippen LogP contribution is 2.19. The van der Waals surface area contributed by atoms with Crippen molar-refractivity contribution >= 4 is 29.1 Å². The third-order valence-electron chi connectivity index (χ3n) is 3.63. The second-order valence-electron chi connectivity index (χ2n) is 5.58. The molecule has 4 N–H and O–H groups in total. The Bertz CT molecular complexity index is 737. The van der Waals surface area contributed by atoms with Gasteiger partial charge in [0, 0.05) is 16.3 Å². The summed E-state index contributed by atoms with van der Waals surface area (Å²) in [5.74, 6) is -1.01. The highest BCUT2D eigenvalue weighted by molar-refractivity contribution is 6.31. The number of halogens is 2. The Labute approximate surface area is 150 Å². The fourth-order valence-corrected chi connectivity index (χ4v) is 2.55. The standard InChI is InChI=1S/C18H19ClFN3O2/c1-12(15-4-2-3-5-16(15)19)21-10-17(24)22-11-18(25)23-14-8-6-13(20)7-9-14/h2-9,12,21H,10-11H2,1H3,(H,22,24)(H,23,25)/p+1/t12-/m0/s1. The molecule has 0 spiro atoms. The average Bonchev–Trinajstić information content (AvgIpc) is 2.60. The SMILES string of the molecule is C[C@H]([NH2+]CC(=O)NCC(=O)Nc1ccc(F)cc1)c1ccccc1Cl. The van der Waals surface area contributed by atoms with Gasteiger partial charge in [0.25, 0.3) is 5.91 Å². The number of nitrogens with two attached hydrogens (primary N) is 1. The molecule has 25 heavy (non-hydrogen) atoms. The van der Waals surface area contributed by atoms with Crippen LogP contribution in [0.3, 0.4) is 0 Å². The van der Waals surface area contributed by atoms with Gasteiger partial charge < -0.3 is 16.0 Å². The van der Waals surface area contributed by atoms with Crippen molar-refractivity contribution in [3.63, 3.8) is 0 Å². The van der Waals surface area contributed by atoms with Gasteiger partial charge in [-0.3, -0.25) is 9.59 Å². The summed E-state index contributed by atoms with van der Waals surface area (Å²) in [6.07, 6.45) is 0. The molecule has 2 rings (SSSR count). The zero-order valence-corrected chi connectivity index (χ0v) is 14.5. The second-order valence-corrected chi connectivity index (χ2v) is 5.99. The van der Waals surface area contributed by atoms with E-state index in [2.05, 4.69) is 10.6 Å². The third kappa shape index (κ3) is 6.17. The van der Waals surface area contributed by atoms with Crippen molar-refractivity contribution in [2.45, 2.75) is 13.0 Å². The molecule has 0 aromatic heterocycles. The first-order valence-corrected chi connectivity index (χ1v) is 8.23. The zero-order chi connectivity index (χ0) is 18.2. The summed E-state index contributed by atoms with van der Waals surface area (Å²) in [4.78, 5) is 23.6. The third-order valence-corrected chi connectivity index (χ3v) is 3.97. The van der Waals surface area contributed by atoms with Gasteiger partial charge in [-0.25, -0.2) is 4.39 Å². The molecule has 0 radical (unpaired) electrons. The second kappa shape index (κ2) is 9.15. The summed E-state index contributed by atoms with van der Waals surface area (Å²) in [5, 5.41) is 7.62. The lowest BCUT2D eigenvalue weighted by molar-refractivity contribution is -0.682. The molecular formula is C18H20ClFN3O2+. The molecule has 7 heteroatoms. The Hall–Kier alpha value is -2.44.